The maximum atomic E-state index is 11.1. The summed E-state index contributed by atoms with van der Waals surface area (Å²) >= 11 is 4.83. The van der Waals surface area contributed by atoms with Crippen molar-refractivity contribution >= 4 is 19.7 Å². The van der Waals surface area contributed by atoms with Crippen molar-refractivity contribution in [2.75, 3.05) is 13.2 Å². The summed E-state index contributed by atoms with van der Waals surface area (Å²) < 4.78 is 24.0. The molecule has 4 nitrogen and oxygen atoms in total. The number of halogens is 1. The summed E-state index contributed by atoms with van der Waals surface area (Å²) in [7, 11) is -3.75. The Morgan fingerprint density at radius 1 is 1.25 bits per heavy atom. The highest BCUT2D eigenvalue weighted by molar-refractivity contribution is 7.49. The van der Waals surface area contributed by atoms with Crippen molar-refractivity contribution in [1.29, 1.82) is 0 Å². The molecule has 0 spiro atoms. The van der Waals surface area contributed by atoms with E-state index in [4.69, 9.17) is 24.7 Å². The maximum Gasteiger partial charge on any atom is 0.493 e. The zero-order valence-corrected chi connectivity index (χ0v) is 7.68. The van der Waals surface area contributed by atoms with Crippen molar-refractivity contribution in [1.82, 2.24) is 0 Å². The predicted octanol–water partition coefficient (Wildman–Crippen LogP) is 1.56. The molecule has 0 radical (unpaired) electrons. The van der Waals surface area contributed by atoms with Crippen molar-refractivity contribution in [3.63, 3.8) is 0 Å². The number of terminal acetylenes is 2. The van der Waals surface area contributed by atoms with Crippen molar-refractivity contribution in [2.45, 2.75) is 0 Å². The summed E-state index contributed by atoms with van der Waals surface area (Å²) in [5.41, 5.74) is 0. The normalized spacial score (nSPS) is 10.2. The Bertz CT molecular complexity index is 229. The van der Waals surface area contributed by atoms with Crippen LogP contribution in [-0.4, -0.2) is 13.2 Å². The molecular formula is C6H6ClO4P. The van der Waals surface area contributed by atoms with Gasteiger partial charge in [-0.25, -0.2) is 4.57 Å². The summed E-state index contributed by atoms with van der Waals surface area (Å²) in [5, 5.41) is 0. The molecule has 0 aromatic rings. The van der Waals surface area contributed by atoms with Crippen LogP contribution in [0.3, 0.4) is 0 Å². The zero-order chi connectivity index (χ0) is 9.45. The molecule has 0 heterocycles. The first kappa shape index (κ1) is 11.5. The first-order valence-electron chi connectivity index (χ1n) is 2.75. The van der Waals surface area contributed by atoms with Crippen LogP contribution in [0.15, 0.2) is 0 Å². The third-order valence-electron chi connectivity index (χ3n) is 0.697. The topological polar surface area (TPSA) is 44.8 Å². The summed E-state index contributed by atoms with van der Waals surface area (Å²) in [5.74, 6) is 4.14. The Morgan fingerprint density at radius 3 is 1.92 bits per heavy atom. The molecule has 0 aliphatic carbocycles. The van der Waals surface area contributed by atoms with Crippen molar-refractivity contribution in [3.05, 3.63) is 0 Å². The first-order valence-corrected chi connectivity index (χ1v) is 4.52. The zero-order valence-electron chi connectivity index (χ0n) is 6.03. The van der Waals surface area contributed by atoms with Crippen molar-refractivity contribution in [3.8, 4) is 24.7 Å². The molecule has 0 aromatic carbocycles. The highest BCUT2D eigenvalue weighted by Crippen LogP contribution is 2.50. The van der Waals surface area contributed by atoms with E-state index in [1.807, 2.05) is 0 Å². The van der Waals surface area contributed by atoms with Gasteiger partial charge in [-0.15, -0.1) is 12.8 Å². The number of hydrogen-bond acceptors (Lipinski definition) is 4. The lowest BCUT2D eigenvalue weighted by Crippen LogP contribution is -1.96. The largest absolute Gasteiger partial charge is 0.493 e. The second-order valence-corrected chi connectivity index (χ2v) is 3.43. The molecule has 0 atom stereocenters. The van der Waals surface area contributed by atoms with E-state index in [0.717, 1.165) is 0 Å². The predicted molar refractivity (Wildman–Crippen MR) is 44.1 cm³/mol. The van der Waals surface area contributed by atoms with Crippen LogP contribution < -0.4 is 0 Å². The van der Waals surface area contributed by atoms with E-state index in [1.165, 1.54) is 0 Å². The van der Waals surface area contributed by atoms with E-state index in [-0.39, 0.29) is 13.2 Å². The lowest BCUT2D eigenvalue weighted by Gasteiger charge is -2.09. The molecular weight excluding hydrogens is 202 g/mol. The Hall–Kier alpha value is -0.480. The van der Waals surface area contributed by atoms with Gasteiger partial charge >= 0.3 is 7.82 Å². The van der Waals surface area contributed by atoms with Gasteiger partial charge in [0.25, 0.3) is 0 Å². The summed E-state index contributed by atoms with van der Waals surface area (Å²) in [6.07, 6.45) is 9.66. The molecule has 0 N–H and O–H groups in total. The molecule has 0 saturated heterocycles. The van der Waals surface area contributed by atoms with Crippen molar-refractivity contribution in [2.24, 2.45) is 0 Å². The van der Waals surface area contributed by atoms with Gasteiger partial charge in [-0.1, -0.05) is 11.8 Å². The van der Waals surface area contributed by atoms with Gasteiger partial charge < -0.3 is 0 Å². The van der Waals surface area contributed by atoms with Gasteiger partial charge in [0.15, 0.2) is 0 Å². The van der Waals surface area contributed by atoms with E-state index in [9.17, 15) is 4.57 Å². The minimum Gasteiger partial charge on any atom is -0.273 e. The summed E-state index contributed by atoms with van der Waals surface area (Å²) in [6, 6.07) is 0. The molecule has 0 rings (SSSR count). The second-order valence-electron chi connectivity index (χ2n) is 1.47. The highest BCUT2D eigenvalue weighted by atomic mass is 35.5. The fourth-order valence-electron chi connectivity index (χ4n) is 0.310. The lowest BCUT2D eigenvalue weighted by molar-refractivity contribution is 0.189. The van der Waals surface area contributed by atoms with Crippen LogP contribution in [0.4, 0.5) is 0 Å². The van der Waals surface area contributed by atoms with Gasteiger partial charge in [-0.3, -0.25) is 9.05 Å². The lowest BCUT2D eigenvalue weighted by atomic mass is 10.8. The van der Waals surface area contributed by atoms with Gasteiger partial charge in [0, 0.05) is 0 Å². The smallest absolute Gasteiger partial charge is 0.273 e. The highest BCUT2D eigenvalue weighted by Gasteiger charge is 2.25. The number of phosphoric ester groups is 1. The molecule has 0 aliphatic rings. The van der Waals surface area contributed by atoms with E-state index in [1.54, 1.807) is 0 Å². The molecule has 6 heteroatoms. The van der Waals surface area contributed by atoms with Crippen molar-refractivity contribution < 1.29 is 17.7 Å². The molecule has 0 unspecified atom stereocenters. The van der Waals surface area contributed by atoms with E-state index in [2.05, 4.69) is 25.0 Å². The minimum atomic E-state index is -3.75. The third-order valence-corrected chi connectivity index (χ3v) is 2.26. The van der Waals surface area contributed by atoms with Gasteiger partial charge in [-0.2, -0.15) is 4.08 Å². The Balaban J connectivity index is 4.00. The minimum absolute atomic E-state index is 0.228. The maximum absolute atomic E-state index is 11.1. The first-order chi connectivity index (χ1) is 5.68. The number of hydrogen-bond donors (Lipinski definition) is 0. The van der Waals surface area contributed by atoms with Crippen LogP contribution in [0, 0.1) is 24.7 Å². The molecule has 12 heavy (non-hydrogen) atoms. The molecule has 0 fully saturated rings. The van der Waals surface area contributed by atoms with Gasteiger partial charge in [-0.05, 0) is 0 Å². The SMILES string of the molecule is C#CCOP(=O)(OCl)OCC#C. The third kappa shape index (κ3) is 4.41. The molecule has 66 valence electrons. The van der Waals surface area contributed by atoms with E-state index in [0.29, 0.717) is 0 Å². The van der Waals surface area contributed by atoms with Crippen LogP contribution in [0.2, 0.25) is 0 Å². The Labute approximate surface area is 75.9 Å². The van der Waals surface area contributed by atoms with Crippen LogP contribution in [0.25, 0.3) is 0 Å². The number of phosphoric acid groups is 1. The monoisotopic (exact) mass is 208 g/mol. The Morgan fingerprint density at radius 2 is 1.67 bits per heavy atom. The fourth-order valence-corrected chi connectivity index (χ4v) is 1.17. The van der Waals surface area contributed by atoms with Gasteiger partial charge in [0.05, 0.1) is 11.9 Å². The Kier molecular flexibility index (Phi) is 5.84. The molecule has 0 aromatic heterocycles. The molecule has 0 aliphatic heterocycles. The van der Waals surface area contributed by atoms with Gasteiger partial charge in [0.2, 0.25) is 0 Å². The van der Waals surface area contributed by atoms with Crippen LogP contribution in [0.1, 0.15) is 0 Å². The molecule has 0 saturated carbocycles. The average molecular weight is 209 g/mol. The second kappa shape index (κ2) is 6.08. The van der Waals surface area contributed by atoms with Gasteiger partial charge in [0.1, 0.15) is 13.2 Å². The fraction of sp³-hybridized carbons (Fsp3) is 0.333. The van der Waals surface area contributed by atoms with E-state index < -0.39 is 7.82 Å². The molecule has 0 amide bonds. The quantitative estimate of drug-likeness (QED) is 0.508. The molecule has 0 bridgehead atoms. The summed E-state index contributed by atoms with van der Waals surface area (Å²) in [4.78, 5) is 0. The van der Waals surface area contributed by atoms with Crippen LogP contribution in [0.5, 0.6) is 0 Å². The van der Waals surface area contributed by atoms with Crippen LogP contribution in [-0.2, 0) is 17.7 Å². The van der Waals surface area contributed by atoms with Crippen LogP contribution >= 0.6 is 19.7 Å². The standard InChI is InChI=1S/C6H6ClO4P/c1-3-5-9-12(8,11-7)10-6-4-2/h1-2H,5-6H2. The van der Waals surface area contributed by atoms with E-state index >= 15 is 0 Å². The number of rotatable bonds is 5. The average Bonchev–Trinajstić information content (AvgIpc) is 2.11. The summed E-state index contributed by atoms with van der Waals surface area (Å²) in [6.45, 7) is -0.455.